The van der Waals surface area contributed by atoms with Gasteiger partial charge in [-0.3, -0.25) is 4.79 Å². The van der Waals surface area contributed by atoms with Crippen molar-refractivity contribution in [1.82, 2.24) is 10.5 Å². The van der Waals surface area contributed by atoms with Gasteiger partial charge in [0.15, 0.2) is 0 Å². The van der Waals surface area contributed by atoms with Crippen molar-refractivity contribution in [1.29, 1.82) is 0 Å². The van der Waals surface area contributed by atoms with Crippen LogP contribution in [0.2, 0.25) is 0 Å². The average Bonchev–Trinajstić information content (AvgIpc) is 2.88. The molecule has 1 heterocycles. The fraction of sp³-hybridized carbons (Fsp3) is 0.412. The molecular formula is C17H19F3N2O3. The van der Waals surface area contributed by atoms with Gasteiger partial charge in [0.1, 0.15) is 5.76 Å². The molecule has 0 bridgehead atoms. The minimum Gasteiger partial charge on any atom is -0.387 e. The first kappa shape index (κ1) is 19.0. The first-order valence-electron chi connectivity index (χ1n) is 7.72. The van der Waals surface area contributed by atoms with Crippen LogP contribution in [0.4, 0.5) is 13.2 Å². The van der Waals surface area contributed by atoms with Gasteiger partial charge >= 0.3 is 6.18 Å². The van der Waals surface area contributed by atoms with Gasteiger partial charge in [-0.15, -0.1) is 0 Å². The third-order valence-corrected chi connectivity index (χ3v) is 3.90. The molecule has 1 amide bonds. The van der Waals surface area contributed by atoms with E-state index in [1.807, 2.05) is 0 Å². The summed E-state index contributed by atoms with van der Waals surface area (Å²) < 4.78 is 42.5. The van der Waals surface area contributed by atoms with Gasteiger partial charge in [-0.2, -0.15) is 13.2 Å². The highest BCUT2D eigenvalue weighted by molar-refractivity contribution is 5.76. The second-order valence-corrected chi connectivity index (χ2v) is 5.74. The van der Waals surface area contributed by atoms with Crippen molar-refractivity contribution in [3.05, 3.63) is 52.4 Å². The van der Waals surface area contributed by atoms with Crippen LogP contribution in [-0.2, 0) is 17.4 Å². The van der Waals surface area contributed by atoms with E-state index in [4.69, 9.17) is 4.52 Å². The number of benzene rings is 1. The van der Waals surface area contributed by atoms with E-state index < -0.39 is 17.8 Å². The van der Waals surface area contributed by atoms with Crippen molar-refractivity contribution in [2.24, 2.45) is 0 Å². The number of nitrogens with one attached hydrogen (secondary N) is 1. The van der Waals surface area contributed by atoms with Crippen LogP contribution in [0.15, 0.2) is 28.8 Å². The summed E-state index contributed by atoms with van der Waals surface area (Å²) in [7, 11) is 0. The number of alkyl halides is 3. The van der Waals surface area contributed by atoms with Crippen LogP contribution >= 0.6 is 0 Å². The molecule has 0 aliphatic rings. The quantitative estimate of drug-likeness (QED) is 0.834. The minimum atomic E-state index is -4.42. The summed E-state index contributed by atoms with van der Waals surface area (Å²) in [4.78, 5) is 11.9. The fourth-order valence-electron chi connectivity index (χ4n) is 2.41. The smallest absolute Gasteiger partial charge is 0.387 e. The van der Waals surface area contributed by atoms with Crippen molar-refractivity contribution in [2.45, 2.75) is 39.0 Å². The van der Waals surface area contributed by atoms with E-state index in [-0.39, 0.29) is 18.9 Å². The molecule has 0 radical (unpaired) electrons. The predicted octanol–water partition coefficient (Wildman–Crippen LogP) is 3.09. The molecule has 0 aliphatic carbocycles. The lowest BCUT2D eigenvalue weighted by atomic mass is 10.1. The molecular weight excluding hydrogens is 337 g/mol. The van der Waals surface area contributed by atoms with E-state index in [1.54, 1.807) is 13.8 Å². The number of carbonyl (C=O) groups is 1. The molecule has 2 aromatic rings. The second-order valence-electron chi connectivity index (χ2n) is 5.74. The van der Waals surface area contributed by atoms with Crippen molar-refractivity contribution in [3.63, 3.8) is 0 Å². The summed E-state index contributed by atoms with van der Waals surface area (Å²) >= 11 is 0. The SMILES string of the molecule is Cc1noc(C)c1CCC(=O)NC[C@@H](O)c1ccc(C(F)(F)F)cc1. The average molecular weight is 356 g/mol. The summed E-state index contributed by atoms with van der Waals surface area (Å²) in [6, 6.07) is 4.20. The summed E-state index contributed by atoms with van der Waals surface area (Å²) in [6.07, 6.45) is -4.84. The third-order valence-electron chi connectivity index (χ3n) is 3.90. The molecule has 1 aromatic heterocycles. The Kier molecular flexibility index (Phi) is 5.84. The van der Waals surface area contributed by atoms with Gasteiger partial charge in [-0.25, -0.2) is 0 Å². The topological polar surface area (TPSA) is 75.4 Å². The Bertz CT molecular complexity index is 704. The van der Waals surface area contributed by atoms with Crippen molar-refractivity contribution >= 4 is 5.91 Å². The third kappa shape index (κ3) is 5.06. The monoisotopic (exact) mass is 356 g/mol. The number of aliphatic hydroxyl groups excluding tert-OH is 1. The zero-order valence-electron chi connectivity index (χ0n) is 13.9. The predicted molar refractivity (Wildman–Crippen MR) is 83.7 cm³/mol. The lowest BCUT2D eigenvalue weighted by molar-refractivity contribution is -0.137. The van der Waals surface area contributed by atoms with Gasteiger partial charge in [0, 0.05) is 18.5 Å². The molecule has 0 spiro atoms. The number of hydrogen-bond acceptors (Lipinski definition) is 4. The van der Waals surface area contributed by atoms with Crippen LogP contribution in [0.5, 0.6) is 0 Å². The number of hydrogen-bond donors (Lipinski definition) is 2. The molecule has 0 saturated heterocycles. The van der Waals surface area contributed by atoms with E-state index in [0.717, 1.165) is 23.4 Å². The molecule has 136 valence electrons. The van der Waals surface area contributed by atoms with Crippen LogP contribution in [0, 0.1) is 13.8 Å². The number of carbonyl (C=O) groups excluding carboxylic acids is 1. The molecule has 0 saturated carbocycles. The van der Waals surface area contributed by atoms with E-state index >= 15 is 0 Å². The summed E-state index contributed by atoms with van der Waals surface area (Å²) in [5.74, 6) is 0.390. The lowest BCUT2D eigenvalue weighted by Gasteiger charge is -2.13. The Morgan fingerprint density at radius 2 is 1.92 bits per heavy atom. The Balaban J connectivity index is 1.83. The lowest BCUT2D eigenvalue weighted by Crippen LogP contribution is -2.28. The summed E-state index contributed by atoms with van der Waals surface area (Å²) in [5, 5.41) is 16.4. The largest absolute Gasteiger partial charge is 0.416 e. The van der Waals surface area contributed by atoms with Crippen molar-refractivity contribution in [2.75, 3.05) is 6.54 Å². The van der Waals surface area contributed by atoms with Gasteiger partial charge in [-0.05, 0) is 38.0 Å². The highest BCUT2D eigenvalue weighted by atomic mass is 19.4. The molecule has 5 nitrogen and oxygen atoms in total. The van der Waals surface area contributed by atoms with Crippen LogP contribution in [0.25, 0.3) is 0 Å². The van der Waals surface area contributed by atoms with Crippen molar-refractivity contribution in [3.8, 4) is 0 Å². The van der Waals surface area contributed by atoms with E-state index in [1.165, 1.54) is 12.1 Å². The maximum atomic E-state index is 12.5. The normalized spacial score (nSPS) is 12.9. The Hall–Kier alpha value is -2.35. The van der Waals surface area contributed by atoms with E-state index in [2.05, 4.69) is 10.5 Å². The van der Waals surface area contributed by atoms with Gasteiger partial charge in [0.25, 0.3) is 0 Å². The zero-order valence-corrected chi connectivity index (χ0v) is 13.9. The highest BCUT2D eigenvalue weighted by Crippen LogP contribution is 2.29. The minimum absolute atomic E-state index is 0.0776. The number of aryl methyl sites for hydroxylation is 2. The van der Waals surface area contributed by atoms with Gasteiger partial charge in [0.05, 0.1) is 17.4 Å². The standard InChI is InChI=1S/C17H19F3N2O3/c1-10-14(11(2)25-22-10)7-8-16(24)21-9-15(23)12-3-5-13(6-4-12)17(18,19)20/h3-6,15,23H,7-9H2,1-2H3,(H,21,24)/t15-/m1/s1. The number of aliphatic hydroxyl groups is 1. The Labute approximate surface area is 142 Å². The second kappa shape index (κ2) is 7.69. The zero-order chi connectivity index (χ0) is 18.6. The molecule has 8 heteroatoms. The Morgan fingerprint density at radius 3 is 2.44 bits per heavy atom. The number of rotatable bonds is 6. The number of nitrogens with zero attached hydrogens (tertiary/aromatic N) is 1. The highest BCUT2D eigenvalue weighted by Gasteiger charge is 2.30. The van der Waals surface area contributed by atoms with Gasteiger partial charge < -0.3 is 14.9 Å². The van der Waals surface area contributed by atoms with E-state index in [9.17, 15) is 23.1 Å². The van der Waals surface area contributed by atoms with Crippen LogP contribution in [0.1, 0.15) is 40.7 Å². The van der Waals surface area contributed by atoms with Crippen LogP contribution < -0.4 is 5.32 Å². The van der Waals surface area contributed by atoms with Crippen molar-refractivity contribution < 1.29 is 27.6 Å². The molecule has 0 aliphatic heterocycles. The summed E-state index contributed by atoms with van der Waals surface area (Å²) in [6.45, 7) is 3.48. The fourth-order valence-corrected chi connectivity index (χ4v) is 2.41. The van der Waals surface area contributed by atoms with Gasteiger partial charge in [0.2, 0.25) is 5.91 Å². The van der Waals surface area contributed by atoms with Crippen LogP contribution in [-0.4, -0.2) is 22.7 Å². The van der Waals surface area contributed by atoms with Gasteiger partial charge in [-0.1, -0.05) is 17.3 Å². The molecule has 2 N–H and O–H groups in total. The van der Waals surface area contributed by atoms with Crippen LogP contribution in [0.3, 0.4) is 0 Å². The first-order chi connectivity index (χ1) is 11.7. The number of amides is 1. The maximum Gasteiger partial charge on any atom is 0.416 e. The Morgan fingerprint density at radius 1 is 1.28 bits per heavy atom. The molecule has 1 atom stereocenters. The number of aromatic nitrogens is 1. The van der Waals surface area contributed by atoms with E-state index in [0.29, 0.717) is 17.7 Å². The molecule has 0 unspecified atom stereocenters. The maximum absolute atomic E-state index is 12.5. The molecule has 0 fully saturated rings. The molecule has 2 rings (SSSR count). The molecule has 1 aromatic carbocycles. The first-order valence-corrected chi connectivity index (χ1v) is 7.72. The summed E-state index contributed by atoms with van der Waals surface area (Å²) in [5.41, 5.74) is 1.12. The number of halogens is 3. The molecule has 25 heavy (non-hydrogen) atoms.